The van der Waals surface area contributed by atoms with Crippen molar-refractivity contribution < 1.29 is 0 Å². The molecule has 0 spiro atoms. The number of benzene rings is 1. The fourth-order valence-electron chi connectivity index (χ4n) is 1.85. The van der Waals surface area contributed by atoms with Gasteiger partial charge < -0.3 is 5.73 Å². The van der Waals surface area contributed by atoms with Gasteiger partial charge in [0.05, 0.1) is 10.6 Å². The largest absolute Gasteiger partial charge is 0.324 e. The van der Waals surface area contributed by atoms with Gasteiger partial charge in [-0.1, -0.05) is 17.7 Å². The van der Waals surface area contributed by atoms with Crippen molar-refractivity contribution in [2.45, 2.75) is 18.9 Å². The molecule has 1 atom stereocenters. The molecular formula is C10H9ClN2. The van der Waals surface area contributed by atoms with Crippen molar-refractivity contribution >= 4 is 11.6 Å². The summed E-state index contributed by atoms with van der Waals surface area (Å²) in [6.07, 6.45) is 1.88. The summed E-state index contributed by atoms with van der Waals surface area (Å²) in [5, 5.41) is 9.42. The van der Waals surface area contributed by atoms with Gasteiger partial charge in [-0.25, -0.2) is 0 Å². The van der Waals surface area contributed by atoms with Crippen LogP contribution in [0.25, 0.3) is 0 Å². The molecule has 0 saturated carbocycles. The van der Waals surface area contributed by atoms with Gasteiger partial charge >= 0.3 is 0 Å². The van der Waals surface area contributed by atoms with Crippen LogP contribution in [0.5, 0.6) is 0 Å². The lowest BCUT2D eigenvalue weighted by molar-refractivity contribution is 0.712. The minimum Gasteiger partial charge on any atom is -0.324 e. The molecule has 1 aliphatic rings. The third-order valence-corrected chi connectivity index (χ3v) is 2.81. The van der Waals surface area contributed by atoms with Crippen LogP contribution in [0.2, 0.25) is 5.02 Å². The lowest BCUT2D eigenvalue weighted by Crippen LogP contribution is -2.07. The van der Waals surface area contributed by atoms with Gasteiger partial charge in [0.15, 0.2) is 0 Å². The minimum absolute atomic E-state index is 0.0108. The minimum atomic E-state index is -0.0108. The Morgan fingerprint density at radius 2 is 2.31 bits per heavy atom. The van der Waals surface area contributed by atoms with Crippen molar-refractivity contribution in [1.29, 1.82) is 5.26 Å². The van der Waals surface area contributed by atoms with Gasteiger partial charge in [0, 0.05) is 6.04 Å². The molecular weight excluding hydrogens is 184 g/mol. The Kier molecular flexibility index (Phi) is 1.99. The van der Waals surface area contributed by atoms with Gasteiger partial charge in [-0.2, -0.15) is 5.26 Å². The Morgan fingerprint density at radius 3 is 3.00 bits per heavy atom. The predicted molar refractivity (Wildman–Crippen MR) is 51.4 cm³/mol. The Labute approximate surface area is 81.9 Å². The van der Waals surface area contributed by atoms with E-state index in [0.29, 0.717) is 10.6 Å². The summed E-state index contributed by atoms with van der Waals surface area (Å²) in [6, 6.07) is 5.84. The second-order valence-electron chi connectivity index (χ2n) is 3.25. The van der Waals surface area contributed by atoms with Crippen LogP contribution in [-0.2, 0) is 6.42 Å². The Bertz CT molecular complexity index is 393. The van der Waals surface area contributed by atoms with E-state index in [1.54, 1.807) is 6.07 Å². The van der Waals surface area contributed by atoms with Crippen molar-refractivity contribution in [2.24, 2.45) is 5.73 Å². The molecule has 2 nitrogen and oxygen atoms in total. The summed E-state index contributed by atoms with van der Waals surface area (Å²) in [4.78, 5) is 0. The first-order valence-electron chi connectivity index (χ1n) is 4.21. The van der Waals surface area contributed by atoms with Crippen LogP contribution in [0.1, 0.15) is 29.2 Å². The van der Waals surface area contributed by atoms with Gasteiger partial charge in [-0.15, -0.1) is 0 Å². The number of hydrogen-bond acceptors (Lipinski definition) is 2. The number of nitrogens with zero attached hydrogens (tertiary/aromatic N) is 1. The van der Waals surface area contributed by atoms with Crippen LogP contribution in [-0.4, -0.2) is 0 Å². The van der Waals surface area contributed by atoms with E-state index in [-0.39, 0.29) is 6.04 Å². The predicted octanol–water partition coefficient (Wildman–Crippen LogP) is 2.16. The normalized spacial score (nSPS) is 19.6. The van der Waals surface area contributed by atoms with Gasteiger partial charge in [0.2, 0.25) is 0 Å². The molecule has 0 unspecified atom stereocenters. The molecule has 1 aliphatic carbocycles. The Balaban J connectivity index is 2.69. The summed E-state index contributed by atoms with van der Waals surface area (Å²) in [7, 11) is 0. The summed E-state index contributed by atoms with van der Waals surface area (Å²) < 4.78 is 0. The average molecular weight is 193 g/mol. The first-order chi connectivity index (χ1) is 6.24. The molecule has 2 rings (SSSR count). The maximum absolute atomic E-state index is 8.91. The number of nitrogens with two attached hydrogens (primary N) is 1. The lowest BCUT2D eigenvalue weighted by Gasteiger charge is -2.07. The van der Waals surface area contributed by atoms with Crippen molar-refractivity contribution in [3.63, 3.8) is 0 Å². The zero-order valence-electron chi connectivity index (χ0n) is 7.05. The summed E-state index contributed by atoms with van der Waals surface area (Å²) in [5.74, 6) is 0. The van der Waals surface area contributed by atoms with Crippen molar-refractivity contribution in [3.8, 4) is 6.07 Å². The first-order valence-corrected chi connectivity index (χ1v) is 4.59. The third-order valence-electron chi connectivity index (χ3n) is 2.49. The topological polar surface area (TPSA) is 49.8 Å². The highest BCUT2D eigenvalue weighted by Crippen LogP contribution is 2.34. The monoisotopic (exact) mass is 192 g/mol. The maximum atomic E-state index is 8.91. The standard InChI is InChI=1S/C10H9ClN2/c11-8-3-1-6-2-4-9(13)10(6)7(8)5-12/h1,3,9H,2,4,13H2/t9-/m1/s1. The molecule has 0 fully saturated rings. The van der Waals surface area contributed by atoms with Crippen molar-refractivity contribution in [2.75, 3.05) is 0 Å². The van der Waals surface area contributed by atoms with E-state index in [4.69, 9.17) is 22.6 Å². The molecule has 0 amide bonds. The summed E-state index contributed by atoms with van der Waals surface area (Å²) in [6.45, 7) is 0. The van der Waals surface area contributed by atoms with Crippen LogP contribution in [0.15, 0.2) is 12.1 Å². The number of nitriles is 1. The smallest absolute Gasteiger partial charge is 0.101 e. The molecule has 0 aromatic heterocycles. The van der Waals surface area contributed by atoms with E-state index >= 15 is 0 Å². The zero-order valence-corrected chi connectivity index (χ0v) is 7.80. The number of fused-ring (bicyclic) bond motifs is 1. The maximum Gasteiger partial charge on any atom is 0.101 e. The molecule has 1 aromatic rings. The van der Waals surface area contributed by atoms with Gasteiger partial charge in [-0.05, 0) is 30.0 Å². The number of rotatable bonds is 0. The molecule has 0 bridgehead atoms. The molecule has 0 heterocycles. The molecule has 0 saturated heterocycles. The van der Waals surface area contributed by atoms with Crippen LogP contribution in [0, 0.1) is 11.3 Å². The number of halogens is 1. The summed E-state index contributed by atoms with van der Waals surface area (Å²) in [5.41, 5.74) is 8.57. The first kappa shape index (κ1) is 8.55. The van der Waals surface area contributed by atoms with Crippen LogP contribution < -0.4 is 5.73 Å². The molecule has 0 aliphatic heterocycles. The number of hydrogen-bond donors (Lipinski definition) is 1. The molecule has 66 valence electrons. The van der Waals surface area contributed by atoms with Crippen molar-refractivity contribution in [3.05, 3.63) is 33.8 Å². The highest BCUT2D eigenvalue weighted by molar-refractivity contribution is 6.31. The van der Waals surface area contributed by atoms with Gasteiger partial charge in [0.1, 0.15) is 6.07 Å². The van der Waals surface area contributed by atoms with Gasteiger partial charge in [-0.3, -0.25) is 0 Å². The van der Waals surface area contributed by atoms with E-state index in [9.17, 15) is 0 Å². The van der Waals surface area contributed by atoms with Crippen LogP contribution in [0.3, 0.4) is 0 Å². The highest BCUT2D eigenvalue weighted by atomic mass is 35.5. The summed E-state index contributed by atoms with van der Waals surface area (Å²) >= 11 is 5.90. The van der Waals surface area contributed by atoms with E-state index in [0.717, 1.165) is 18.4 Å². The fraction of sp³-hybridized carbons (Fsp3) is 0.300. The average Bonchev–Trinajstić information content (AvgIpc) is 2.49. The van der Waals surface area contributed by atoms with E-state index in [1.165, 1.54) is 5.56 Å². The zero-order chi connectivity index (χ0) is 9.42. The van der Waals surface area contributed by atoms with E-state index < -0.39 is 0 Å². The van der Waals surface area contributed by atoms with Crippen LogP contribution >= 0.6 is 11.6 Å². The Hall–Kier alpha value is -1.04. The Morgan fingerprint density at radius 1 is 1.54 bits per heavy atom. The van der Waals surface area contributed by atoms with Crippen LogP contribution in [0.4, 0.5) is 0 Å². The van der Waals surface area contributed by atoms with Gasteiger partial charge in [0.25, 0.3) is 0 Å². The molecule has 0 radical (unpaired) electrons. The third kappa shape index (κ3) is 1.21. The van der Waals surface area contributed by atoms with Crippen molar-refractivity contribution in [1.82, 2.24) is 0 Å². The molecule has 13 heavy (non-hydrogen) atoms. The number of aryl methyl sites for hydroxylation is 1. The second-order valence-corrected chi connectivity index (χ2v) is 3.66. The highest BCUT2D eigenvalue weighted by Gasteiger charge is 2.23. The van der Waals surface area contributed by atoms with E-state index in [1.807, 2.05) is 6.07 Å². The molecule has 2 N–H and O–H groups in total. The fourth-order valence-corrected chi connectivity index (χ4v) is 2.05. The van der Waals surface area contributed by atoms with E-state index in [2.05, 4.69) is 6.07 Å². The second kappa shape index (κ2) is 3.02. The SMILES string of the molecule is N#Cc1c(Cl)ccc2c1[C@H](N)CC2. The molecule has 1 aromatic carbocycles. The molecule has 3 heteroatoms. The lowest BCUT2D eigenvalue weighted by atomic mass is 10.0. The quantitative estimate of drug-likeness (QED) is 0.685.